The lowest BCUT2D eigenvalue weighted by Gasteiger charge is -2.32. The Kier molecular flexibility index (Phi) is 6.85. The maximum Gasteiger partial charge on any atom is 0.446 e. The quantitative estimate of drug-likeness (QED) is 0.677. The molecule has 1 saturated heterocycles. The van der Waals surface area contributed by atoms with E-state index in [1.807, 2.05) is 18.2 Å². The molecule has 0 spiro atoms. The van der Waals surface area contributed by atoms with Crippen LogP contribution in [-0.2, 0) is 6.54 Å². The van der Waals surface area contributed by atoms with Gasteiger partial charge in [-0.1, -0.05) is 30.3 Å². The summed E-state index contributed by atoms with van der Waals surface area (Å²) in [5.41, 5.74) is -2.58. The van der Waals surface area contributed by atoms with Crippen LogP contribution in [-0.4, -0.2) is 35.6 Å². The fourth-order valence-corrected chi connectivity index (χ4v) is 3.71. The first-order chi connectivity index (χ1) is 13.4. The molecule has 0 radical (unpaired) electrons. The van der Waals surface area contributed by atoms with E-state index < -0.39 is 5.51 Å². The fraction of sp³-hybridized carbons (Fsp3) is 0.350. The van der Waals surface area contributed by atoms with Gasteiger partial charge >= 0.3 is 11.5 Å². The zero-order valence-electron chi connectivity index (χ0n) is 15.2. The van der Waals surface area contributed by atoms with Crippen molar-refractivity contribution < 1.29 is 18.0 Å². The number of carbonyl (C=O) groups is 1. The lowest BCUT2D eigenvalue weighted by Crippen LogP contribution is -2.45. The third kappa shape index (κ3) is 6.76. The smallest absolute Gasteiger partial charge is 0.335 e. The Balaban J connectivity index is 1.41. The second-order valence-electron chi connectivity index (χ2n) is 6.71. The molecule has 1 aliphatic rings. The Morgan fingerprint density at radius 3 is 2.29 bits per heavy atom. The van der Waals surface area contributed by atoms with Crippen LogP contribution in [0.5, 0.6) is 0 Å². The van der Waals surface area contributed by atoms with E-state index in [1.165, 1.54) is 29.8 Å². The summed E-state index contributed by atoms with van der Waals surface area (Å²) in [6.07, 6.45) is 1.73. The zero-order valence-corrected chi connectivity index (χ0v) is 16.0. The molecule has 2 N–H and O–H groups in total. The average molecular weight is 409 g/mol. The van der Waals surface area contributed by atoms with E-state index in [2.05, 4.69) is 27.7 Å². The van der Waals surface area contributed by atoms with Crippen molar-refractivity contribution in [3.8, 4) is 0 Å². The largest absolute Gasteiger partial charge is 0.446 e. The van der Waals surface area contributed by atoms with E-state index in [9.17, 15) is 18.0 Å². The molecule has 0 bridgehead atoms. The van der Waals surface area contributed by atoms with Crippen molar-refractivity contribution in [1.82, 2.24) is 10.2 Å². The number of hydrogen-bond acceptors (Lipinski definition) is 3. The van der Waals surface area contributed by atoms with Crippen LogP contribution < -0.4 is 10.6 Å². The van der Waals surface area contributed by atoms with E-state index in [0.717, 1.165) is 32.5 Å². The first-order valence-corrected chi connectivity index (χ1v) is 9.89. The predicted molar refractivity (Wildman–Crippen MR) is 105 cm³/mol. The summed E-state index contributed by atoms with van der Waals surface area (Å²) in [7, 11) is 0. The minimum absolute atomic E-state index is 0.0873. The Morgan fingerprint density at radius 1 is 1.04 bits per heavy atom. The van der Waals surface area contributed by atoms with Crippen molar-refractivity contribution in [1.29, 1.82) is 0 Å². The molecule has 2 aromatic carbocycles. The standard InChI is InChI=1S/C20H22F3N3OS/c21-20(22,23)28-18-8-6-16(7-9-18)24-19(27)25-17-10-12-26(13-11-17)14-15-4-2-1-3-5-15/h1-9,17H,10-14H2,(H2,24,25,27). The van der Waals surface area contributed by atoms with Crippen molar-refractivity contribution in [3.05, 3.63) is 60.2 Å². The Labute approximate surface area is 166 Å². The average Bonchev–Trinajstić information content (AvgIpc) is 2.65. The third-order valence-electron chi connectivity index (χ3n) is 4.52. The number of rotatable bonds is 5. The third-order valence-corrected chi connectivity index (χ3v) is 5.26. The minimum atomic E-state index is -4.32. The maximum absolute atomic E-state index is 12.3. The van der Waals surface area contributed by atoms with Crippen molar-refractivity contribution in [3.63, 3.8) is 0 Å². The van der Waals surface area contributed by atoms with Crippen molar-refractivity contribution in [2.45, 2.75) is 35.8 Å². The van der Waals surface area contributed by atoms with Crippen molar-refractivity contribution in [2.75, 3.05) is 18.4 Å². The molecule has 0 aromatic heterocycles. The topological polar surface area (TPSA) is 44.4 Å². The lowest BCUT2D eigenvalue weighted by molar-refractivity contribution is -0.0328. The predicted octanol–water partition coefficient (Wildman–Crippen LogP) is 5.08. The van der Waals surface area contributed by atoms with E-state index >= 15 is 0 Å². The fourth-order valence-electron chi connectivity index (χ4n) is 3.17. The van der Waals surface area contributed by atoms with E-state index in [4.69, 9.17) is 0 Å². The second kappa shape index (κ2) is 9.34. The highest BCUT2D eigenvalue weighted by Crippen LogP contribution is 2.37. The Morgan fingerprint density at radius 2 is 1.68 bits per heavy atom. The first-order valence-electron chi connectivity index (χ1n) is 9.07. The minimum Gasteiger partial charge on any atom is -0.335 e. The van der Waals surface area contributed by atoms with E-state index in [0.29, 0.717) is 5.69 Å². The van der Waals surface area contributed by atoms with Gasteiger partial charge in [-0.3, -0.25) is 4.90 Å². The highest BCUT2D eigenvalue weighted by molar-refractivity contribution is 8.00. The van der Waals surface area contributed by atoms with Gasteiger partial charge < -0.3 is 10.6 Å². The number of anilines is 1. The molecule has 150 valence electrons. The Hall–Kier alpha value is -2.19. The van der Waals surface area contributed by atoms with Gasteiger partial charge in [0.15, 0.2) is 0 Å². The first kappa shape index (κ1) is 20.5. The monoisotopic (exact) mass is 409 g/mol. The molecule has 0 aliphatic carbocycles. The van der Waals surface area contributed by atoms with Crippen LogP contribution in [0.2, 0.25) is 0 Å². The molecule has 0 atom stereocenters. The number of thioether (sulfide) groups is 1. The summed E-state index contributed by atoms with van der Waals surface area (Å²) in [6.45, 7) is 2.72. The molecule has 1 fully saturated rings. The number of nitrogens with zero attached hydrogens (tertiary/aromatic N) is 1. The number of likely N-dealkylation sites (tertiary alicyclic amines) is 1. The van der Waals surface area contributed by atoms with Crippen LogP contribution in [0.15, 0.2) is 59.5 Å². The van der Waals surface area contributed by atoms with E-state index in [1.54, 1.807) is 0 Å². The number of amides is 2. The normalized spacial score (nSPS) is 16.0. The summed E-state index contributed by atoms with van der Waals surface area (Å²) in [4.78, 5) is 14.6. The van der Waals surface area contributed by atoms with Crippen LogP contribution in [0.1, 0.15) is 18.4 Å². The van der Waals surface area contributed by atoms with Gasteiger partial charge in [-0.25, -0.2) is 4.79 Å². The van der Waals surface area contributed by atoms with Crippen LogP contribution in [0.4, 0.5) is 23.7 Å². The molecular formula is C20H22F3N3OS. The van der Waals surface area contributed by atoms with Crippen LogP contribution >= 0.6 is 11.8 Å². The number of alkyl halides is 3. The number of benzene rings is 2. The maximum atomic E-state index is 12.3. The second-order valence-corrected chi connectivity index (χ2v) is 7.85. The summed E-state index contributed by atoms with van der Waals surface area (Å²) in [5, 5.41) is 5.62. The molecular weight excluding hydrogens is 387 g/mol. The van der Waals surface area contributed by atoms with Gasteiger partial charge in [0.1, 0.15) is 0 Å². The summed E-state index contributed by atoms with van der Waals surface area (Å²) < 4.78 is 37.0. The number of urea groups is 1. The van der Waals surface area contributed by atoms with Gasteiger partial charge in [0.05, 0.1) is 0 Å². The number of hydrogen-bond donors (Lipinski definition) is 2. The zero-order chi connectivity index (χ0) is 20.0. The molecule has 0 unspecified atom stereocenters. The molecule has 28 heavy (non-hydrogen) atoms. The van der Waals surface area contributed by atoms with Gasteiger partial charge in [0, 0.05) is 36.3 Å². The molecule has 1 aliphatic heterocycles. The molecule has 2 amide bonds. The highest BCUT2D eigenvalue weighted by Gasteiger charge is 2.29. The van der Waals surface area contributed by atoms with Gasteiger partial charge in [0.2, 0.25) is 0 Å². The molecule has 2 aromatic rings. The highest BCUT2D eigenvalue weighted by atomic mass is 32.2. The number of nitrogens with one attached hydrogen (secondary N) is 2. The van der Waals surface area contributed by atoms with Crippen LogP contribution in [0.3, 0.4) is 0 Å². The summed E-state index contributed by atoms with van der Waals surface area (Å²) in [6, 6.07) is 15.7. The molecule has 3 rings (SSSR count). The molecule has 8 heteroatoms. The molecule has 4 nitrogen and oxygen atoms in total. The van der Waals surface area contributed by atoms with Gasteiger partial charge in [-0.15, -0.1) is 0 Å². The molecule has 1 heterocycles. The Bertz CT molecular complexity index is 761. The van der Waals surface area contributed by atoms with Crippen LogP contribution in [0, 0.1) is 0 Å². The van der Waals surface area contributed by atoms with Crippen molar-refractivity contribution >= 4 is 23.5 Å². The number of piperidine rings is 1. The number of halogens is 3. The SMILES string of the molecule is O=C(Nc1ccc(SC(F)(F)F)cc1)NC1CCN(Cc2ccccc2)CC1. The summed E-state index contributed by atoms with van der Waals surface area (Å²) in [5.74, 6) is 0. The van der Waals surface area contributed by atoms with Crippen molar-refractivity contribution in [2.24, 2.45) is 0 Å². The lowest BCUT2D eigenvalue weighted by atomic mass is 10.0. The van der Waals surface area contributed by atoms with E-state index in [-0.39, 0.29) is 28.7 Å². The van der Waals surface area contributed by atoms with Crippen LogP contribution in [0.25, 0.3) is 0 Å². The molecule has 0 saturated carbocycles. The number of carbonyl (C=O) groups excluding carboxylic acids is 1. The van der Waals surface area contributed by atoms with Gasteiger partial charge in [-0.05, 0) is 54.4 Å². The van der Waals surface area contributed by atoms with Gasteiger partial charge in [0.25, 0.3) is 0 Å². The van der Waals surface area contributed by atoms with Gasteiger partial charge in [-0.2, -0.15) is 13.2 Å². The summed E-state index contributed by atoms with van der Waals surface area (Å²) >= 11 is -0.176.